The summed E-state index contributed by atoms with van der Waals surface area (Å²) in [6.45, 7) is 4.22. The predicted octanol–water partition coefficient (Wildman–Crippen LogP) is 0.00580. The van der Waals surface area contributed by atoms with Gasteiger partial charge >= 0.3 is 0 Å². The molecular weight excluding hydrogens is 156 g/mol. The predicted molar refractivity (Wildman–Crippen MR) is 45.4 cm³/mol. The molecule has 0 aromatic rings. The Kier molecular flexibility index (Phi) is 3.49. The smallest absolute Gasteiger partial charge is 0.216 e. The third kappa shape index (κ3) is 2.79. The highest BCUT2D eigenvalue weighted by molar-refractivity contribution is 5.72. The van der Waals surface area contributed by atoms with Gasteiger partial charge in [-0.15, -0.1) is 0 Å². The van der Waals surface area contributed by atoms with Crippen molar-refractivity contribution >= 4 is 5.91 Å². The number of hydrogen-bond acceptors (Lipinski definition) is 3. The second-order valence-electron chi connectivity index (χ2n) is 3.16. The van der Waals surface area contributed by atoms with Crippen LogP contribution in [0.5, 0.6) is 0 Å². The molecule has 1 fully saturated rings. The number of hydroxylamine groups is 2. The van der Waals surface area contributed by atoms with Crippen LogP contribution in [0.3, 0.4) is 0 Å². The largest absolute Gasteiger partial charge is 0.356 e. The molecule has 4 heteroatoms. The van der Waals surface area contributed by atoms with Gasteiger partial charge in [0.25, 0.3) is 0 Å². The Morgan fingerprint density at radius 2 is 2.50 bits per heavy atom. The number of amides is 1. The fourth-order valence-corrected chi connectivity index (χ4v) is 1.42. The third-order valence-electron chi connectivity index (χ3n) is 2.15. The van der Waals surface area contributed by atoms with Crippen molar-refractivity contribution in [3.63, 3.8) is 0 Å². The van der Waals surface area contributed by atoms with Gasteiger partial charge in [0.15, 0.2) is 0 Å². The maximum atomic E-state index is 10.6. The molecule has 0 aromatic heterocycles. The molecule has 0 aliphatic carbocycles. The van der Waals surface area contributed by atoms with E-state index in [0.717, 1.165) is 26.1 Å². The summed E-state index contributed by atoms with van der Waals surface area (Å²) in [7, 11) is 1.68. The molecule has 0 saturated carbocycles. The Bertz CT molecular complexity index is 161. The van der Waals surface area contributed by atoms with Crippen LogP contribution >= 0.6 is 0 Å². The lowest BCUT2D eigenvalue weighted by molar-refractivity contribution is -0.120. The van der Waals surface area contributed by atoms with Gasteiger partial charge in [0.05, 0.1) is 7.11 Å². The summed E-state index contributed by atoms with van der Waals surface area (Å²) >= 11 is 0. The highest BCUT2D eigenvalue weighted by atomic mass is 16.7. The van der Waals surface area contributed by atoms with Gasteiger partial charge in [-0.25, -0.2) is 0 Å². The van der Waals surface area contributed by atoms with E-state index in [1.807, 2.05) is 5.06 Å². The zero-order chi connectivity index (χ0) is 8.97. The molecule has 1 amide bonds. The van der Waals surface area contributed by atoms with E-state index in [1.54, 1.807) is 14.0 Å². The molecule has 4 nitrogen and oxygen atoms in total. The number of hydrogen-bond donors (Lipinski definition) is 1. The normalized spacial score (nSPS) is 24.3. The summed E-state index contributed by atoms with van der Waals surface area (Å²) in [5.41, 5.74) is 0. The standard InChI is InChI=1S/C8H16N2O2/c1-7(11)9-5-8-3-4-10(6-8)12-2/h8H,3-6H2,1-2H3,(H,9,11)/t8-/m1/s1. The third-order valence-corrected chi connectivity index (χ3v) is 2.15. The maximum Gasteiger partial charge on any atom is 0.216 e. The first-order valence-corrected chi connectivity index (χ1v) is 4.26. The lowest BCUT2D eigenvalue weighted by Crippen LogP contribution is -2.28. The van der Waals surface area contributed by atoms with Crippen molar-refractivity contribution in [1.82, 2.24) is 10.4 Å². The average Bonchev–Trinajstić information content (AvgIpc) is 2.48. The first-order chi connectivity index (χ1) is 5.72. The lowest BCUT2D eigenvalue weighted by Gasteiger charge is -2.12. The van der Waals surface area contributed by atoms with Crippen molar-refractivity contribution in [2.75, 3.05) is 26.7 Å². The monoisotopic (exact) mass is 172 g/mol. The summed E-state index contributed by atoms with van der Waals surface area (Å²) in [5, 5.41) is 4.73. The van der Waals surface area contributed by atoms with Crippen molar-refractivity contribution in [3.8, 4) is 0 Å². The van der Waals surface area contributed by atoms with Gasteiger partial charge in [-0.1, -0.05) is 0 Å². The summed E-state index contributed by atoms with van der Waals surface area (Å²) in [4.78, 5) is 15.7. The molecule has 0 radical (unpaired) electrons. The number of rotatable bonds is 3. The molecule has 0 unspecified atom stereocenters. The maximum absolute atomic E-state index is 10.6. The summed E-state index contributed by atoms with van der Waals surface area (Å²) in [6.07, 6.45) is 1.11. The molecule has 1 N–H and O–H groups in total. The number of nitrogens with zero attached hydrogens (tertiary/aromatic N) is 1. The molecule has 12 heavy (non-hydrogen) atoms. The lowest BCUT2D eigenvalue weighted by atomic mass is 10.1. The van der Waals surface area contributed by atoms with Crippen molar-refractivity contribution in [3.05, 3.63) is 0 Å². The van der Waals surface area contributed by atoms with Gasteiger partial charge in [0.1, 0.15) is 0 Å². The Morgan fingerprint density at radius 1 is 1.75 bits per heavy atom. The van der Waals surface area contributed by atoms with E-state index in [0.29, 0.717) is 5.92 Å². The van der Waals surface area contributed by atoms with Gasteiger partial charge in [0.2, 0.25) is 5.91 Å². The average molecular weight is 172 g/mol. The quantitative estimate of drug-likeness (QED) is 0.652. The van der Waals surface area contributed by atoms with Crippen LogP contribution in [0.4, 0.5) is 0 Å². The zero-order valence-corrected chi connectivity index (χ0v) is 7.67. The summed E-state index contributed by atoms with van der Waals surface area (Å²) in [6, 6.07) is 0. The SMILES string of the molecule is CON1CC[C@H](CNC(C)=O)C1. The Hall–Kier alpha value is -0.610. The van der Waals surface area contributed by atoms with Crippen molar-refractivity contribution in [2.45, 2.75) is 13.3 Å². The highest BCUT2D eigenvalue weighted by Crippen LogP contribution is 2.14. The van der Waals surface area contributed by atoms with Crippen LogP contribution in [0, 0.1) is 5.92 Å². The Balaban J connectivity index is 2.15. The van der Waals surface area contributed by atoms with E-state index < -0.39 is 0 Å². The first kappa shape index (κ1) is 9.48. The molecular formula is C8H16N2O2. The fourth-order valence-electron chi connectivity index (χ4n) is 1.42. The molecule has 0 aromatic carbocycles. The van der Waals surface area contributed by atoms with Crippen LogP contribution in [-0.2, 0) is 9.63 Å². The number of carbonyl (C=O) groups excluding carboxylic acids is 1. The van der Waals surface area contributed by atoms with Crippen LogP contribution in [0.1, 0.15) is 13.3 Å². The molecule has 1 aliphatic rings. The van der Waals surface area contributed by atoms with Gasteiger partial charge in [-0.2, -0.15) is 5.06 Å². The summed E-state index contributed by atoms with van der Waals surface area (Å²) < 4.78 is 0. The molecule has 0 bridgehead atoms. The van der Waals surface area contributed by atoms with Gasteiger partial charge in [-0.3, -0.25) is 4.79 Å². The Morgan fingerprint density at radius 3 is 3.00 bits per heavy atom. The second kappa shape index (κ2) is 4.42. The number of carbonyl (C=O) groups is 1. The van der Waals surface area contributed by atoms with Crippen LogP contribution in [0.2, 0.25) is 0 Å². The highest BCUT2D eigenvalue weighted by Gasteiger charge is 2.21. The topological polar surface area (TPSA) is 41.6 Å². The van der Waals surface area contributed by atoms with Crippen LogP contribution < -0.4 is 5.32 Å². The van der Waals surface area contributed by atoms with Gasteiger partial charge in [-0.05, 0) is 12.3 Å². The van der Waals surface area contributed by atoms with Crippen LogP contribution in [-0.4, -0.2) is 37.7 Å². The molecule has 1 saturated heterocycles. The first-order valence-electron chi connectivity index (χ1n) is 4.26. The minimum Gasteiger partial charge on any atom is -0.356 e. The van der Waals surface area contributed by atoms with Crippen LogP contribution in [0.25, 0.3) is 0 Å². The molecule has 1 aliphatic heterocycles. The van der Waals surface area contributed by atoms with Crippen molar-refractivity contribution < 1.29 is 9.63 Å². The van der Waals surface area contributed by atoms with E-state index in [2.05, 4.69) is 5.32 Å². The van der Waals surface area contributed by atoms with Crippen LogP contribution in [0.15, 0.2) is 0 Å². The van der Waals surface area contributed by atoms with Gasteiger partial charge < -0.3 is 10.2 Å². The fraction of sp³-hybridized carbons (Fsp3) is 0.875. The minimum atomic E-state index is 0.0471. The molecule has 70 valence electrons. The molecule has 0 spiro atoms. The number of nitrogens with one attached hydrogen (secondary N) is 1. The van der Waals surface area contributed by atoms with E-state index >= 15 is 0 Å². The molecule has 1 rings (SSSR count). The van der Waals surface area contributed by atoms with Gasteiger partial charge in [0, 0.05) is 26.6 Å². The van der Waals surface area contributed by atoms with E-state index in [9.17, 15) is 4.79 Å². The zero-order valence-electron chi connectivity index (χ0n) is 7.67. The molecule has 1 heterocycles. The van der Waals surface area contributed by atoms with Crippen molar-refractivity contribution in [2.24, 2.45) is 5.92 Å². The molecule has 1 atom stereocenters. The van der Waals surface area contributed by atoms with E-state index in [1.165, 1.54) is 0 Å². The Labute approximate surface area is 72.8 Å². The summed E-state index contributed by atoms with van der Waals surface area (Å²) in [5.74, 6) is 0.597. The van der Waals surface area contributed by atoms with E-state index in [-0.39, 0.29) is 5.91 Å². The van der Waals surface area contributed by atoms with E-state index in [4.69, 9.17) is 4.84 Å². The minimum absolute atomic E-state index is 0.0471. The second-order valence-corrected chi connectivity index (χ2v) is 3.16. The van der Waals surface area contributed by atoms with Crippen molar-refractivity contribution in [1.29, 1.82) is 0 Å².